The molecule has 1 saturated carbocycles. The number of hydrogen-bond donors (Lipinski definition) is 3. The fourth-order valence-electron chi connectivity index (χ4n) is 4.57. The molecule has 2 aromatic rings. The molecule has 1 aliphatic heterocycles. The van der Waals surface area contributed by atoms with Crippen LogP contribution in [0.15, 0.2) is 48.7 Å². The van der Waals surface area contributed by atoms with E-state index < -0.39 is 17.4 Å². The topological polar surface area (TPSA) is 99.7 Å². The number of hydrogen-bond acceptors (Lipinski definition) is 5. The van der Waals surface area contributed by atoms with Gasteiger partial charge in [-0.1, -0.05) is 30.3 Å². The number of nitrogens with zero attached hydrogens (tertiary/aromatic N) is 2. The lowest BCUT2D eigenvalue weighted by molar-refractivity contribution is 0.1000. The molecule has 2 heterocycles. The van der Waals surface area contributed by atoms with Crippen LogP contribution in [0.5, 0.6) is 0 Å². The first-order valence-corrected chi connectivity index (χ1v) is 8.43. The number of primary amides is 1. The highest BCUT2D eigenvalue weighted by Gasteiger charge is 2.71. The fraction of sp³-hybridized carbons (Fsp3) is 0.368. The highest BCUT2D eigenvalue weighted by molar-refractivity contribution is 5.97. The van der Waals surface area contributed by atoms with Crippen LogP contribution in [-0.2, 0) is 0 Å². The molecule has 2 aliphatic rings. The summed E-state index contributed by atoms with van der Waals surface area (Å²) in [5, 5.41) is 20.7. The molecule has 1 saturated heterocycles. The van der Waals surface area contributed by atoms with E-state index in [0.717, 1.165) is 5.56 Å². The molecule has 1 aromatic carbocycles. The molecule has 130 valence electrons. The minimum atomic E-state index is -0.599. The van der Waals surface area contributed by atoms with Gasteiger partial charge in [0.05, 0.1) is 11.7 Å². The van der Waals surface area contributed by atoms with Crippen LogP contribution in [0.4, 0.5) is 5.82 Å². The molecule has 1 aliphatic carbocycles. The lowest BCUT2D eigenvalue weighted by atomic mass is 9.95. The van der Waals surface area contributed by atoms with Crippen LogP contribution in [-0.4, -0.2) is 46.9 Å². The SMILES string of the molecule is NC(=O)c1cccnc1N1C[C@@H](O)[C@@]2(C1)[C@H](CO)[C@H]2c1ccccc1. The van der Waals surface area contributed by atoms with Gasteiger partial charge in [0.1, 0.15) is 5.82 Å². The van der Waals surface area contributed by atoms with Crippen LogP contribution in [0, 0.1) is 11.3 Å². The Morgan fingerprint density at radius 2 is 2.04 bits per heavy atom. The predicted octanol–water partition coefficient (Wildman–Crippen LogP) is 0.754. The number of benzene rings is 1. The Hall–Kier alpha value is -2.44. The van der Waals surface area contributed by atoms with Crippen molar-refractivity contribution in [2.24, 2.45) is 17.1 Å². The molecule has 1 spiro atoms. The normalized spacial score (nSPS) is 30.6. The van der Waals surface area contributed by atoms with Gasteiger partial charge in [0.15, 0.2) is 0 Å². The van der Waals surface area contributed by atoms with Crippen molar-refractivity contribution in [3.63, 3.8) is 0 Å². The van der Waals surface area contributed by atoms with Gasteiger partial charge < -0.3 is 20.8 Å². The number of anilines is 1. The molecular weight excluding hydrogens is 318 g/mol. The van der Waals surface area contributed by atoms with E-state index >= 15 is 0 Å². The molecule has 4 atom stereocenters. The smallest absolute Gasteiger partial charge is 0.252 e. The summed E-state index contributed by atoms with van der Waals surface area (Å²) in [6.07, 6.45) is 1.02. The number of pyridine rings is 1. The zero-order valence-corrected chi connectivity index (χ0v) is 13.7. The van der Waals surface area contributed by atoms with E-state index in [1.54, 1.807) is 18.3 Å². The molecule has 0 unspecified atom stereocenters. The minimum absolute atomic E-state index is 0.00404. The molecule has 1 amide bonds. The highest BCUT2D eigenvalue weighted by Crippen LogP contribution is 2.68. The van der Waals surface area contributed by atoms with Gasteiger partial charge in [-0.3, -0.25) is 4.79 Å². The number of β-amino-alcohol motifs (C(OH)–C–C–N with tert-alkyl or cyclic N) is 1. The maximum Gasteiger partial charge on any atom is 0.252 e. The summed E-state index contributed by atoms with van der Waals surface area (Å²) in [4.78, 5) is 17.9. The van der Waals surface area contributed by atoms with E-state index in [9.17, 15) is 15.0 Å². The Morgan fingerprint density at radius 1 is 1.28 bits per heavy atom. The lowest BCUT2D eigenvalue weighted by Crippen LogP contribution is -2.26. The van der Waals surface area contributed by atoms with Crippen molar-refractivity contribution in [2.45, 2.75) is 12.0 Å². The first-order valence-electron chi connectivity index (χ1n) is 8.43. The average molecular weight is 339 g/mol. The molecule has 6 heteroatoms. The maximum atomic E-state index is 11.7. The molecule has 4 rings (SSSR count). The second kappa shape index (κ2) is 5.82. The van der Waals surface area contributed by atoms with Gasteiger partial charge >= 0.3 is 0 Å². The van der Waals surface area contributed by atoms with Gasteiger partial charge in [0.2, 0.25) is 0 Å². The molecular formula is C19H21N3O3. The van der Waals surface area contributed by atoms with Crippen molar-refractivity contribution in [1.29, 1.82) is 0 Å². The Bertz CT molecular complexity index is 798. The van der Waals surface area contributed by atoms with E-state index in [1.807, 2.05) is 35.2 Å². The second-order valence-corrected chi connectivity index (χ2v) is 6.92. The first-order chi connectivity index (χ1) is 12.1. The molecule has 1 aromatic heterocycles. The van der Waals surface area contributed by atoms with Gasteiger partial charge in [-0.15, -0.1) is 0 Å². The van der Waals surface area contributed by atoms with E-state index in [-0.39, 0.29) is 18.4 Å². The van der Waals surface area contributed by atoms with Gasteiger partial charge in [0, 0.05) is 31.3 Å². The number of rotatable bonds is 4. The largest absolute Gasteiger partial charge is 0.396 e. The highest BCUT2D eigenvalue weighted by atomic mass is 16.3. The summed E-state index contributed by atoms with van der Waals surface area (Å²) >= 11 is 0. The minimum Gasteiger partial charge on any atom is -0.396 e. The Labute approximate surface area is 145 Å². The third-order valence-electron chi connectivity index (χ3n) is 5.75. The number of carbonyl (C=O) groups excluding carboxylic acids is 1. The van der Waals surface area contributed by atoms with Crippen LogP contribution < -0.4 is 10.6 Å². The number of carbonyl (C=O) groups is 1. The number of aliphatic hydroxyl groups is 2. The summed E-state index contributed by atoms with van der Waals surface area (Å²) in [6, 6.07) is 13.3. The summed E-state index contributed by atoms with van der Waals surface area (Å²) in [5.41, 5.74) is 6.52. The molecule has 6 nitrogen and oxygen atoms in total. The average Bonchev–Trinajstić information content (AvgIpc) is 3.17. The van der Waals surface area contributed by atoms with Crippen LogP contribution in [0.2, 0.25) is 0 Å². The van der Waals surface area contributed by atoms with Crippen molar-refractivity contribution in [2.75, 3.05) is 24.6 Å². The molecule has 25 heavy (non-hydrogen) atoms. The number of nitrogens with two attached hydrogens (primary N) is 1. The van der Waals surface area contributed by atoms with Crippen molar-refractivity contribution in [1.82, 2.24) is 4.98 Å². The van der Waals surface area contributed by atoms with Crippen LogP contribution in [0.25, 0.3) is 0 Å². The zero-order valence-electron chi connectivity index (χ0n) is 13.7. The van der Waals surface area contributed by atoms with Crippen molar-refractivity contribution in [3.05, 3.63) is 59.8 Å². The first kappa shape index (κ1) is 16.1. The zero-order chi connectivity index (χ0) is 17.6. The van der Waals surface area contributed by atoms with Crippen molar-refractivity contribution in [3.8, 4) is 0 Å². The number of amides is 1. The van der Waals surface area contributed by atoms with Crippen LogP contribution in [0.3, 0.4) is 0 Å². The number of aromatic nitrogens is 1. The summed E-state index contributed by atoms with van der Waals surface area (Å²) < 4.78 is 0. The number of aliphatic hydroxyl groups excluding tert-OH is 2. The summed E-state index contributed by atoms with van der Waals surface area (Å²) in [5.74, 6) is 0.0593. The van der Waals surface area contributed by atoms with Crippen LogP contribution in [0.1, 0.15) is 21.8 Å². The molecule has 2 fully saturated rings. The Kier molecular flexibility index (Phi) is 3.74. The van der Waals surface area contributed by atoms with Crippen molar-refractivity contribution >= 4 is 11.7 Å². The van der Waals surface area contributed by atoms with Gasteiger partial charge in [-0.25, -0.2) is 4.98 Å². The lowest BCUT2D eigenvalue weighted by Gasteiger charge is -2.19. The Morgan fingerprint density at radius 3 is 2.72 bits per heavy atom. The van der Waals surface area contributed by atoms with Crippen LogP contribution >= 0.6 is 0 Å². The fourth-order valence-corrected chi connectivity index (χ4v) is 4.57. The molecule has 0 bridgehead atoms. The Balaban J connectivity index is 1.67. The maximum absolute atomic E-state index is 11.7. The monoisotopic (exact) mass is 339 g/mol. The van der Waals surface area contributed by atoms with E-state index in [2.05, 4.69) is 4.98 Å². The second-order valence-electron chi connectivity index (χ2n) is 6.92. The van der Waals surface area contributed by atoms with E-state index in [4.69, 9.17) is 5.73 Å². The van der Waals surface area contributed by atoms with Crippen molar-refractivity contribution < 1.29 is 15.0 Å². The molecule has 4 N–H and O–H groups in total. The van der Waals surface area contributed by atoms with E-state index in [0.29, 0.717) is 24.5 Å². The standard InChI is InChI=1S/C19H21N3O3/c20-17(25)13-7-4-8-21-18(13)22-9-15(24)19(11-22)14(10-23)16(19)12-5-2-1-3-6-12/h1-8,14-16,23-24H,9-11H2,(H2,20,25)/t14-,15-,16-,19-/m1/s1. The third-order valence-corrected chi connectivity index (χ3v) is 5.75. The predicted molar refractivity (Wildman–Crippen MR) is 93.2 cm³/mol. The summed E-state index contributed by atoms with van der Waals surface area (Å²) in [7, 11) is 0. The van der Waals surface area contributed by atoms with Gasteiger partial charge in [-0.2, -0.15) is 0 Å². The third kappa shape index (κ3) is 2.33. The van der Waals surface area contributed by atoms with E-state index in [1.165, 1.54) is 0 Å². The molecule has 0 radical (unpaired) electrons. The van der Waals surface area contributed by atoms with Gasteiger partial charge in [-0.05, 0) is 29.5 Å². The quantitative estimate of drug-likeness (QED) is 0.763. The summed E-state index contributed by atoms with van der Waals surface area (Å²) in [6.45, 7) is 0.933. The van der Waals surface area contributed by atoms with Gasteiger partial charge in [0.25, 0.3) is 5.91 Å².